The van der Waals surface area contributed by atoms with Crippen LogP contribution >= 0.6 is 0 Å². The van der Waals surface area contributed by atoms with Crippen LogP contribution in [0.15, 0.2) is 54.6 Å². The van der Waals surface area contributed by atoms with Gasteiger partial charge in [0, 0.05) is 12.1 Å². The predicted molar refractivity (Wildman–Crippen MR) is 98.9 cm³/mol. The number of carbonyl (C=O) groups excluding carboxylic acids is 1. The Bertz CT molecular complexity index is 949. The highest BCUT2D eigenvalue weighted by molar-refractivity contribution is 5.94. The summed E-state index contributed by atoms with van der Waals surface area (Å²) in [4.78, 5) is 14.5. The lowest BCUT2D eigenvalue weighted by Gasteiger charge is -2.27. The van der Waals surface area contributed by atoms with Gasteiger partial charge in [-0.15, -0.1) is 0 Å². The zero-order valence-electron chi connectivity index (χ0n) is 15.1. The third-order valence-electron chi connectivity index (χ3n) is 4.63. The van der Waals surface area contributed by atoms with Gasteiger partial charge in [0.1, 0.15) is 23.9 Å². The number of fused-ring (bicyclic) bond motifs is 1. The fraction of sp³-hybridized carbons (Fsp3) is 0.238. The predicted octanol–water partition coefficient (Wildman–Crippen LogP) is 3.57. The standard InChI is InChI=1S/C21H20FN3O2/c1-15-2-4-16(5-3-15)21(26)24-10-11-25-19(13-24)12-18(23-25)14-27-20-8-6-17(22)7-9-20/h2-9,12H,10-11,13-14H2,1H3. The number of benzene rings is 2. The quantitative estimate of drug-likeness (QED) is 0.710. The van der Waals surface area contributed by atoms with Crippen LogP contribution in [0.25, 0.3) is 0 Å². The molecule has 0 saturated heterocycles. The molecule has 0 fully saturated rings. The molecule has 0 radical (unpaired) electrons. The average molecular weight is 365 g/mol. The van der Waals surface area contributed by atoms with E-state index in [4.69, 9.17) is 4.74 Å². The molecule has 1 amide bonds. The number of aryl methyl sites for hydroxylation is 1. The van der Waals surface area contributed by atoms with E-state index in [0.717, 1.165) is 17.0 Å². The summed E-state index contributed by atoms with van der Waals surface area (Å²) in [6.45, 7) is 4.11. The lowest BCUT2D eigenvalue weighted by molar-refractivity contribution is 0.0706. The number of halogens is 1. The summed E-state index contributed by atoms with van der Waals surface area (Å²) in [6, 6.07) is 15.5. The van der Waals surface area contributed by atoms with Crippen molar-refractivity contribution >= 4 is 5.91 Å². The van der Waals surface area contributed by atoms with E-state index in [1.807, 2.05) is 46.8 Å². The van der Waals surface area contributed by atoms with E-state index in [1.54, 1.807) is 12.1 Å². The van der Waals surface area contributed by atoms with Crippen LogP contribution in [-0.4, -0.2) is 27.1 Å². The fourth-order valence-corrected chi connectivity index (χ4v) is 3.14. The first-order valence-electron chi connectivity index (χ1n) is 8.88. The lowest BCUT2D eigenvalue weighted by atomic mass is 10.1. The fourth-order valence-electron chi connectivity index (χ4n) is 3.14. The number of aromatic nitrogens is 2. The van der Waals surface area contributed by atoms with E-state index in [-0.39, 0.29) is 11.7 Å². The van der Waals surface area contributed by atoms with E-state index >= 15 is 0 Å². The second-order valence-corrected chi connectivity index (χ2v) is 6.69. The van der Waals surface area contributed by atoms with Crippen molar-refractivity contribution in [2.75, 3.05) is 6.54 Å². The molecule has 1 aromatic heterocycles. The minimum absolute atomic E-state index is 0.0339. The first kappa shape index (κ1) is 17.3. The third kappa shape index (κ3) is 3.84. The lowest BCUT2D eigenvalue weighted by Crippen LogP contribution is -2.38. The summed E-state index contributed by atoms with van der Waals surface area (Å²) in [5.74, 6) is 0.336. The topological polar surface area (TPSA) is 47.4 Å². The Balaban J connectivity index is 1.42. The maximum atomic E-state index is 12.9. The molecular formula is C21H20FN3O2. The van der Waals surface area contributed by atoms with Crippen LogP contribution in [0.1, 0.15) is 27.3 Å². The van der Waals surface area contributed by atoms with Gasteiger partial charge in [0.2, 0.25) is 0 Å². The molecule has 138 valence electrons. The molecule has 0 aliphatic carbocycles. The molecule has 0 N–H and O–H groups in total. The monoisotopic (exact) mass is 365 g/mol. The van der Waals surface area contributed by atoms with Crippen molar-refractivity contribution in [1.82, 2.24) is 14.7 Å². The molecule has 5 nitrogen and oxygen atoms in total. The van der Waals surface area contributed by atoms with Gasteiger partial charge in [-0.3, -0.25) is 9.48 Å². The highest BCUT2D eigenvalue weighted by atomic mass is 19.1. The summed E-state index contributed by atoms with van der Waals surface area (Å²) in [7, 11) is 0. The van der Waals surface area contributed by atoms with Crippen LogP contribution in [0.3, 0.4) is 0 Å². The summed E-state index contributed by atoms with van der Waals surface area (Å²) in [5.41, 5.74) is 3.61. The Morgan fingerprint density at radius 1 is 1.11 bits per heavy atom. The molecule has 0 bridgehead atoms. The summed E-state index contributed by atoms with van der Waals surface area (Å²) >= 11 is 0. The molecule has 4 rings (SSSR count). The van der Waals surface area contributed by atoms with Crippen molar-refractivity contribution < 1.29 is 13.9 Å². The van der Waals surface area contributed by atoms with Gasteiger partial charge in [-0.2, -0.15) is 5.10 Å². The Labute approximate surface area is 157 Å². The molecule has 0 atom stereocenters. The minimum atomic E-state index is -0.293. The molecule has 0 saturated carbocycles. The number of amides is 1. The second kappa shape index (κ2) is 7.23. The summed E-state index contributed by atoms with van der Waals surface area (Å²) in [6.07, 6.45) is 0. The van der Waals surface area contributed by atoms with Crippen LogP contribution in [0.5, 0.6) is 5.75 Å². The average Bonchev–Trinajstić information content (AvgIpc) is 3.09. The van der Waals surface area contributed by atoms with Crippen molar-refractivity contribution in [1.29, 1.82) is 0 Å². The van der Waals surface area contributed by atoms with E-state index < -0.39 is 0 Å². The molecule has 2 aromatic carbocycles. The van der Waals surface area contributed by atoms with Crippen LogP contribution in [0, 0.1) is 12.7 Å². The molecule has 1 aliphatic rings. The molecule has 0 spiro atoms. The minimum Gasteiger partial charge on any atom is -0.487 e. The third-order valence-corrected chi connectivity index (χ3v) is 4.63. The van der Waals surface area contributed by atoms with E-state index in [9.17, 15) is 9.18 Å². The summed E-state index contributed by atoms with van der Waals surface area (Å²) < 4.78 is 20.5. The number of nitrogens with zero attached hydrogens (tertiary/aromatic N) is 3. The van der Waals surface area contributed by atoms with Gasteiger partial charge in [-0.05, 0) is 49.4 Å². The molecule has 3 aromatic rings. The number of rotatable bonds is 4. The Kier molecular flexibility index (Phi) is 4.62. The summed E-state index contributed by atoms with van der Waals surface area (Å²) in [5, 5.41) is 4.54. The van der Waals surface area contributed by atoms with Gasteiger partial charge in [-0.1, -0.05) is 17.7 Å². The zero-order chi connectivity index (χ0) is 18.8. The molecule has 2 heterocycles. The highest BCUT2D eigenvalue weighted by Gasteiger charge is 2.23. The Morgan fingerprint density at radius 3 is 2.59 bits per heavy atom. The zero-order valence-corrected chi connectivity index (χ0v) is 15.1. The number of ether oxygens (including phenoxy) is 1. The van der Waals surface area contributed by atoms with Gasteiger partial charge >= 0.3 is 0 Å². The molecule has 1 aliphatic heterocycles. The number of hydrogen-bond acceptors (Lipinski definition) is 3. The molecule has 6 heteroatoms. The van der Waals surface area contributed by atoms with Crippen LogP contribution in [0.4, 0.5) is 4.39 Å². The van der Waals surface area contributed by atoms with Crippen molar-refractivity contribution in [3.63, 3.8) is 0 Å². The normalized spacial score (nSPS) is 13.3. The molecular weight excluding hydrogens is 345 g/mol. The Hall–Kier alpha value is -3.15. The van der Waals surface area contributed by atoms with Crippen molar-refractivity contribution in [3.8, 4) is 5.75 Å². The van der Waals surface area contributed by atoms with E-state index in [1.165, 1.54) is 12.1 Å². The van der Waals surface area contributed by atoms with Gasteiger partial charge in [0.25, 0.3) is 5.91 Å². The molecule has 27 heavy (non-hydrogen) atoms. The van der Waals surface area contributed by atoms with Gasteiger partial charge in [-0.25, -0.2) is 4.39 Å². The van der Waals surface area contributed by atoms with Crippen molar-refractivity contribution in [2.24, 2.45) is 0 Å². The van der Waals surface area contributed by atoms with Gasteiger partial charge in [0.15, 0.2) is 0 Å². The van der Waals surface area contributed by atoms with Crippen LogP contribution < -0.4 is 4.74 Å². The smallest absolute Gasteiger partial charge is 0.254 e. The Morgan fingerprint density at radius 2 is 1.85 bits per heavy atom. The molecule has 0 unspecified atom stereocenters. The number of carbonyl (C=O) groups is 1. The van der Waals surface area contributed by atoms with Gasteiger partial charge < -0.3 is 9.64 Å². The van der Waals surface area contributed by atoms with Crippen LogP contribution in [-0.2, 0) is 19.7 Å². The first-order chi connectivity index (χ1) is 13.1. The van der Waals surface area contributed by atoms with Crippen molar-refractivity contribution in [3.05, 3.63) is 82.9 Å². The number of hydrogen-bond donors (Lipinski definition) is 0. The van der Waals surface area contributed by atoms with E-state index in [0.29, 0.717) is 37.6 Å². The largest absolute Gasteiger partial charge is 0.487 e. The van der Waals surface area contributed by atoms with Gasteiger partial charge in [0.05, 0.1) is 18.8 Å². The first-order valence-corrected chi connectivity index (χ1v) is 8.88. The second-order valence-electron chi connectivity index (χ2n) is 6.69. The van der Waals surface area contributed by atoms with E-state index in [2.05, 4.69) is 5.10 Å². The maximum Gasteiger partial charge on any atom is 0.254 e. The highest BCUT2D eigenvalue weighted by Crippen LogP contribution is 2.18. The van der Waals surface area contributed by atoms with Crippen molar-refractivity contribution in [2.45, 2.75) is 26.6 Å². The van der Waals surface area contributed by atoms with Crippen LogP contribution in [0.2, 0.25) is 0 Å². The SMILES string of the molecule is Cc1ccc(C(=O)N2CCn3nc(COc4ccc(F)cc4)cc3C2)cc1. The maximum absolute atomic E-state index is 12.9.